The number of urea groups is 1. The number of aliphatic hydroxyl groups is 1. The number of benzene rings is 4. The second-order valence-corrected chi connectivity index (χ2v) is 35.8. The Balaban J connectivity index is 0.540. The van der Waals surface area contributed by atoms with Crippen LogP contribution < -0.4 is 36.2 Å². The zero-order chi connectivity index (χ0) is 76.1. The highest BCUT2D eigenvalue weighted by Gasteiger charge is 2.68. The Labute approximate surface area is 640 Å². The number of ether oxygens (including phenoxy) is 2. The number of nitrogens with zero attached hydrogens (tertiary/aromatic N) is 6. The minimum atomic E-state index is -4.19. The van der Waals surface area contributed by atoms with Crippen molar-refractivity contribution in [3.63, 3.8) is 0 Å². The first-order valence-electron chi connectivity index (χ1n) is 38.3. The minimum absolute atomic E-state index is 0.00761. The van der Waals surface area contributed by atoms with E-state index < -0.39 is 57.3 Å². The van der Waals surface area contributed by atoms with Gasteiger partial charge in [0.1, 0.15) is 12.1 Å². The van der Waals surface area contributed by atoms with Crippen molar-refractivity contribution in [2.45, 2.75) is 167 Å². The van der Waals surface area contributed by atoms with E-state index in [1.807, 2.05) is 78.9 Å². The van der Waals surface area contributed by atoms with Crippen molar-refractivity contribution >= 4 is 80.1 Å². The number of hydrogen-bond acceptors (Lipinski definition) is 18. The molecule has 6 fully saturated rings. The van der Waals surface area contributed by atoms with Gasteiger partial charge in [0.15, 0.2) is 0 Å². The number of aromatic nitrogens is 1. The molecule has 0 unspecified atom stereocenters. The monoisotopic (exact) mass is 1520 g/mol. The Morgan fingerprint density at radius 3 is 2.11 bits per heavy atom. The fraction of sp³-hybridized carbons (Fsp3) is 0.568. The van der Waals surface area contributed by atoms with Crippen LogP contribution in [0, 0.1) is 35.5 Å². The number of rotatable bonds is 34. The van der Waals surface area contributed by atoms with Crippen molar-refractivity contribution in [1.82, 2.24) is 50.6 Å². The summed E-state index contributed by atoms with van der Waals surface area (Å²) in [4.78, 5) is 97.3. The minimum Gasteiger partial charge on any atom is -0.391 e. The van der Waals surface area contributed by atoms with Crippen molar-refractivity contribution in [2.24, 2.45) is 21.7 Å². The van der Waals surface area contributed by atoms with Gasteiger partial charge in [-0.25, -0.2) is 22.9 Å². The van der Waals surface area contributed by atoms with E-state index in [9.17, 15) is 42.3 Å². The zero-order valence-electron chi connectivity index (χ0n) is 63.8. The summed E-state index contributed by atoms with van der Waals surface area (Å²) in [6, 6.07) is 28.1. The standard InChI is InChI=1S/C81H112N12O11S3/c1-9-80-52-81(53-80,54-80)67-47-79(7,8)29-27-61(67)49-90-35-37-91(38-36-90)63-21-19-60(20-22-63)74(97)88-107(101,102)66-23-24-68(56(2)45-66)86-62(51-105-65-13-11-10-12-14-65)28-32-89-33-39-92(40-34-89)77(100)83-31-42-104-44-43-103-41-30-82-70(95)25-26-71(96)87-73(78(4,5)6)76(99)93-50-64(94)46-69(93)75(98)84-48-58-15-17-59(18-16-58)72-57(3)85-55-106-72/h10-24,45,55,62,64,69,73,86,94H,9,25-44,46-54H2,1-8H3,(H,82,95)(H,83,100)(H,84,98)(H,87,96)(H,88,97)/t62-,64-,69+,73-,80?,81?/m1/s1. The molecule has 26 heteroatoms. The van der Waals surface area contributed by atoms with Gasteiger partial charge in [-0.15, -0.1) is 23.1 Å². The lowest BCUT2D eigenvalue weighted by Crippen LogP contribution is -2.63. The molecule has 3 saturated heterocycles. The molecule has 4 aromatic carbocycles. The quantitative estimate of drug-likeness (QED) is 0.0115. The number of carbonyl (C=O) groups excluding carboxylic acids is 6. The summed E-state index contributed by atoms with van der Waals surface area (Å²) in [7, 11) is -4.19. The largest absolute Gasteiger partial charge is 0.391 e. The first-order chi connectivity index (χ1) is 51.2. The van der Waals surface area contributed by atoms with E-state index in [2.05, 4.69) is 83.9 Å². The summed E-state index contributed by atoms with van der Waals surface area (Å²) in [6.45, 7) is 26.4. The lowest BCUT2D eigenvalue weighted by molar-refractivity contribution is -0.182. The summed E-state index contributed by atoms with van der Waals surface area (Å²) in [6.07, 6.45) is 8.90. The highest BCUT2D eigenvalue weighted by molar-refractivity contribution is 7.99. The van der Waals surface area contributed by atoms with Gasteiger partial charge >= 0.3 is 6.03 Å². The summed E-state index contributed by atoms with van der Waals surface area (Å²) in [5.41, 5.74) is 11.8. The molecule has 3 aliphatic heterocycles. The maximum absolute atomic E-state index is 14.1. The molecule has 7 N–H and O–H groups in total. The number of hydrogen-bond donors (Lipinski definition) is 7. The molecule has 7 amide bonds. The van der Waals surface area contributed by atoms with Gasteiger partial charge in [-0.3, -0.25) is 33.8 Å². The van der Waals surface area contributed by atoms with E-state index >= 15 is 0 Å². The molecule has 107 heavy (non-hydrogen) atoms. The molecule has 4 heterocycles. The fourth-order valence-electron chi connectivity index (χ4n) is 16.1. The number of carbonyl (C=O) groups is 6. The molecule has 12 rings (SSSR count). The Kier molecular flexibility index (Phi) is 27.1. The summed E-state index contributed by atoms with van der Waals surface area (Å²) in [5.74, 6) is -1.68. The van der Waals surface area contributed by atoms with Gasteiger partial charge in [-0.05, 0) is 152 Å². The SMILES string of the molecule is CCC12CC(C3=C(CN4CCN(c5ccc(C(=O)NS(=O)(=O)c6ccc(N[C@H](CCN7CCN(C(=O)NCCOCCOCCNC(=O)CCC(=O)N[C@H](C(=O)N8C[C@H](O)C[C@H]8C(=O)NCc8ccc(-c9scnc9C)cc8)C(C)(C)C)CC7)CSc7ccccc7)c(C)c6)cc5)CC4)CCC(C)(C)C3)(C1)C2. The molecular formula is C81H112N12O11S3. The van der Waals surface area contributed by atoms with Gasteiger partial charge in [0.25, 0.3) is 15.9 Å². The second-order valence-electron chi connectivity index (χ2n) is 32.1. The Morgan fingerprint density at radius 1 is 0.785 bits per heavy atom. The van der Waals surface area contributed by atoms with Crippen molar-refractivity contribution in [1.29, 1.82) is 0 Å². The molecule has 2 bridgehead atoms. The molecule has 0 spiro atoms. The van der Waals surface area contributed by atoms with Gasteiger partial charge in [0.05, 0.1) is 53.5 Å². The van der Waals surface area contributed by atoms with Crippen LogP contribution in [0.2, 0.25) is 0 Å². The third kappa shape index (κ3) is 21.3. The molecule has 4 atom stereocenters. The fourth-order valence-corrected chi connectivity index (χ4v) is 19.0. The Morgan fingerprint density at radius 2 is 1.46 bits per heavy atom. The number of thiazole rings is 1. The predicted molar refractivity (Wildman–Crippen MR) is 421 cm³/mol. The Bertz CT molecular complexity index is 4020. The maximum atomic E-state index is 14.1. The van der Waals surface area contributed by atoms with Crippen molar-refractivity contribution in [3.05, 3.63) is 136 Å². The molecule has 7 aliphatic rings. The lowest BCUT2D eigenvalue weighted by Gasteiger charge is -2.73. The van der Waals surface area contributed by atoms with Gasteiger partial charge in [-0.1, -0.05) is 102 Å². The second kappa shape index (κ2) is 35.9. The molecule has 580 valence electrons. The number of β-amino-alcohol motifs (C(OH)–C–C–N with tert-alkyl or cyclic N) is 1. The van der Waals surface area contributed by atoms with Crippen LogP contribution >= 0.6 is 23.1 Å². The number of nitrogens with one attached hydrogen (secondary N) is 6. The van der Waals surface area contributed by atoms with E-state index in [0.717, 1.165) is 95.0 Å². The predicted octanol–water partition coefficient (Wildman–Crippen LogP) is 9.78. The number of piperazine rings is 2. The van der Waals surface area contributed by atoms with E-state index in [1.165, 1.54) is 49.8 Å². The van der Waals surface area contributed by atoms with E-state index in [4.69, 9.17) is 9.47 Å². The molecular weight excluding hydrogens is 1410 g/mol. The zero-order valence-corrected chi connectivity index (χ0v) is 66.2. The topological polar surface area (TPSA) is 277 Å². The van der Waals surface area contributed by atoms with Crippen molar-refractivity contribution in [2.75, 3.05) is 127 Å². The summed E-state index contributed by atoms with van der Waals surface area (Å²) < 4.78 is 41.2. The number of thioether (sulfide) groups is 1. The number of aliphatic hydroxyl groups excluding tert-OH is 1. The normalized spacial score (nSPS) is 21.6. The number of anilines is 2. The molecule has 4 aliphatic carbocycles. The Hall–Kier alpha value is -7.43. The van der Waals surface area contributed by atoms with Gasteiger partial charge in [-0.2, -0.15) is 0 Å². The third-order valence-corrected chi connectivity index (χ3v) is 26.0. The molecule has 5 aromatic rings. The van der Waals surface area contributed by atoms with Crippen molar-refractivity contribution < 1.29 is 51.8 Å². The number of sulfonamides is 1. The van der Waals surface area contributed by atoms with E-state index in [0.29, 0.717) is 49.0 Å². The number of allylic oxidation sites excluding steroid dienone is 1. The highest BCUT2D eigenvalue weighted by Crippen LogP contribution is 2.79. The smallest absolute Gasteiger partial charge is 0.317 e. The van der Waals surface area contributed by atoms with Gasteiger partial charge in [0, 0.05) is 145 Å². The lowest BCUT2D eigenvalue weighted by atomic mass is 9.31. The third-order valence-electron chi connectivity index (χ3n) is 22.5. The first kappa shape index (κ1) is 80.6. The van der Waals surface area contributed by atoms with E-state index in [1.54, 1.807) is 85.3 Å². The van der Waals surface area contributed by atoms with Crippen LogP contribution in [0.4, 0.5) is 16.2 Å². The van der Waals surface area contributed by atoms with Gasteiger partial charge in [0.2, 0.25) is 23.6 Å². The first-order valence-corrected chi connectivity index (χ1v) is 41.6. The molecule has 1 aromatic heterocycles. The molecule has 3 saturated carbocycles. The summed E-state index contributed by atoms with van der Waals surface area (Å²) in [5, 5.41) is 25.8. The molecule has 0 radical (unpaired) electrons. The number of amides is 7. The van der Waals surface area contributed by atoms with Crippen LogP contribution in [0.3, 0.4) is 0 Å². The van der Waals surface area contributed by atoms with E-state index in [-0.39, 0.29) is 93.8 Å². The van der Waals surface area contributed by atoms with Crippen LogP contribution in [0.25, 0.3) is 10.4 Å². The van der Waals surface area contributed by atoms with Crippen LogP contribution in [-0.2, 0) is 45.2 Å². The molecule has 23 nitrogen and oxygen atoms in total. The maximum Gasteiger partial charge on any atom is 0.317 e. The number of likely N-dealkylation sites (tertiary alicyclic amines) is 1. The van der Waals surface area contributed by atoms with Gasteiger partial charge < -0.3 is 55.9 Å². The average molecular weight is 1530 g/mol. The van der Waals surface area contributed by atoms with Crippen molar-refractivity contribution in [3.8, 4) is 10.4 Å². The van der Waals surface area contributed by atoms with Crippen LogP contribution in [0.1, 0.15) is 139 Å². The van der Waals surface area contributed by atoms with Crippen LogP contribution in [0.5, 0.6) is 0 Å². The highest BCUT2D eigenvalue weighted by atomic mass is 32.2. The van der Waals surface area contributed by atoms with Crippen LogP contribution in [0.15, 0.2) is 124 Å². The number of aryl methyl sites for hydroxylation is 2. The summed E-state index contributed by atoms with van der Waals surface area (Å²) >= 11 is 3.31. The van der Waals surface area contributed by atoms with Crippen LogP contribution in [-0.4, -0.2) is 215 Å². The average Bonchev–Trinajstić information content (AvgIpc) is 0.823.